The first-order valence-electron chi connectivity index (χ1n) is 11.3. The number of carbonyl (C=O) groups is 1. The summed E-state index contributed by atoms with van der Waals surface area (Å²) in [7, 11) is -8.24. The highest BCUT2D eigenvalue weighted by Crippen LogP contribution is 2.48. The van der Waals surface area contributed by atoms with Gasteiger partial charge in [0, 0.05) is 22.9 Å². The number of thioether (sulfide) groups is 1. The molecule has 1 aliphatic rings. The van der Waals surface area contributed by atoms with E-state index in [2.05, 4.69) is 0 Å². The molecule has 14 heteroatoms. The molecular weight excluding hydrogens is 580 g/mol. The van der Waals surface area contributed by atoms with Gasteiger partial charge in [-0.15, -0.1) is 11.8 Å². The van der Waals surface area contributed by atoms with Crippen molar-refractivity contribution < 1.29 is 39.2 Å². The van der Waals surface area contributed by atoms with Crippen LogP contribution < -0.4 is 4.72 Å². The molecule has 2 atom stereocenters. The number of nitrogens with zero attached hydrogens (tertiary/aromatic N) is 1. The molecule has 3 aromatic rings. The third kappa shape index (κ3) is 6.29. The molecule has 0 bridgehead atoms. The Labute approximate surface area is 227 Å². The van der Waals surface area contributed by atoms with E-state index < -0.39 is 55.4 Å². The zero-order valence-electron chi connectivity index (χ0n) is 20.4. The summed E-state index contributed by atoms with van der Waals surface area (Å²) in [5.74, 6) is -2.78. The second-order valence-corrected chi connectivity index (χ2v) is 13.7. The second kappa shape index (κ2) is 10.6. The third-order valence-electron chi connectivity index (χ3n) is 6.04. The van der Waals surface area contributed by atoms with Crippen molar-refractivity contribution in [2.24, 2.45) is 0 Å². The molecule has 4 rings (SSSR count). The normalized spacial score (nSPS) is 17.7. The highest BCUT2D eigenvalue weighted by molar-refractivity contribution is 8.01. The number of rotatable bonds is 7. The van der Waals surface area contributed by atoms with Crippen LogP contribution in [0.2, 0.25) is 0 Å². The van der Waals surface area contributed by atoms with E-state index in [0.29, 0.717) is 12.1 Å². The fraction of sp³-hybridized carbons (Fsp3) is 0.240. The van der Waals surface area contributed by atoms with E-state index in [1.165, 1.54) is 11.8 Å². The zero-order chi connectivity index (χ0) is 28.8. The van der Waals surface area contributed by atoms with Gasteiger partial charge in [-0.05, 0) is 53.6 Å². The lowest BCUT2D eigenvalue weighted by Crippen LogP contribution is -2.39. The SMILES string of the molecule is CC1c2ccccc2SC1N(Cc1ccc(F)c(C(F)(F)F)c1)S(=O)(=O)c1ccc(C(=O)NS(C)(=O)=O)cc1. The van der Waals surface area contributed by atoms with Gasteiger partial charge in [-0.3, -0.25) is 4.79 Å². The molecule has 0 aromatic heterocycles. The molecule has 1 aliphatic heterocycles. The quantitative estimate of drug-likeness (QED) is 0.384. The summed E-state index contributed by atoms with van der Waals surface area (Å²) in [4.78, 5) is 12.7. The first kappa shape index (κ1) is 29.1. The zero-order valence-corrected chi connectivity index (χ0v) is 22.9. The van der Waals surface area contributed by atoms with Crippen LogP contribution in [0.4, 0.5) is 17.6 Å². The average molecular weight is 603 g/mol. The molecule has 0 fully saturated rings. The summed E-state index contributed by atoms with van der Waals surface area (Å²) in [5.41, 5.74) is -0.819. The van der Waals surface area contributed by atoms with Crippen LogP contribution in [0.25, 0.3) is 0 Å². The Morgan fingerprint density at radius 1 is 1.00 bits per heavy atom. The number of hydrogen-bond acceptors (Lipinski definition) is 6. The predicted molar refractivity (Wildman–Crippen MR) is 137 cm³/mol. The number of fused-ring (bicyclic) bond motifs is 1. The van der Waals surface area contributed by atoms with Gasteiger partial charge in [0.25, 0.3) is 5.91 Å². The number of hydrogen-bond donors (Lipinski definition) is 1. The molecular formula is C25H22F4N2O5S3. The van der Waals surface area contributed by atoms with E-state index in [-0.39, 0.29) is 21.9 Å². The van der Waals surface area contributed by atoms with Crippen LogP contribution >= 0.6 is 11.8 Å². The highest BCUT2D eigenvalue weighted by Gasteiger charge is 2.41. The van der Waals surface area contributed by atoms with Gasteiger partial charge in [0.1, 0.15) is 5.82 Å². The summed E-state index contributed by atoms with van der Waals surface area (Å²) in [6.45, 7) is 1.31. The highest BCUT2D eigenvalue weighted by atomic mass is 32.2. The van der Waals surface area contributed by atoms with Gasteiger partial charge in [0.2, 0.25) is 20.0 Å². The fourth-order valence-electron chi connectivity index (χ4n) is 4.18. The Bertz CT molecular complexity index is 1630. The lowest BCUT2D eigenvalue weighted by Gasteiger charge is -2.30. The molecule has 1 amide bonds. The molecule has 0 radical (unpaired) electrons. The summed E-state index contributed by atoms with van der Waals surface area (Å²) < 4.78 is 107. The van der Waals surface area contributed by atoms with Gasteiger partial charge in [-0.2, -0.15) is 17.5 Å². The molecule has 2 unspecified atom stereocenters. The Balaban J connectivity index is 1.74. The number of amides is 1. The third-order valence-corrected chi connectivity index (χ3v) is 10.1. The first-order chi connectivity index (χ1) is 18.1. The van der Waals surface area contributed by atoms with Crippen LogP contribution in [0.5, 0.6) is 0 Å². The summed E-state index contributed by atoms with van der Waals surface area (Å²) in [6.07, 6.45) is -4.18. The predicted octanol–water partition coefficient (Wildman–Crippen LogP) is 4.96. The minimum atomic E-state index is -4.97. The maximum absolute atomic E-state index is 13.9. The van der Waals surface area contributed by atoms with Crippen molar-refractivity contribution in [2.75, 3.05) is 6.26 Å². The first-order valence-corrected chi connectivity index (χ1v) is 15.5. The monoisotopic (exact) mass is 602 g/mol. The molecule has 0 aliphatic carbocycles. The molecule has 0 saturated heterocycles. The maximum atomic E-state index is 13.9. The van der Waals surface area contributed by atoms with Crippen molar-refractivity contribution in [1.29, 1.82) is 0 Å². The Hall–Kier alpha value is -2.94. The second-order valence-electron chi connectivity index (χ2n) is 8.92. The van der Waals surface area contributed by atoms with Crippen LogP contribution in [-0.4, -0.2) is 38.7 Å². The van der Waals surface area contributed by atoms with E-state index in [1.807, 2.05) is 12.1 Å². The van der Waals surface area contributed by atoms with Crippen molar-refractivity contribution in [3.8, 4) is 0 Å². The van der Waals surface area contributed by atoms with E-state index in [4.69, 9.17) is 0 Å². The lowest BCUT2D eigenvalue weighted by atomic mass is 10.0. The lowest BCUT2D eigenvalue weighted by molar-refractivity contribution is -0.140. The van der Waals surface area contributed by atoms with Crippen LogP contribution in [-0.2, 0) is 32.8 Å². The number of halogens is 4. The average Bonchev–Trinajstić information content (AvgIpc) is 3.17. The smallest absolute Gasteiger partial charge is 0.268 e. The molecule has 3 aromatic carbocycles. The minimum Gasteiger partial charge on any atom is -0.268 e. The Morgan fingerprint density at radius 3 is 2.23 bits per heavy atom. The van der Waals surface area contributed by atoms with Crippen LogP contribution in [0.1, 0.15) is 39.9 Å². The summed E-state index contributed by atoms with van der Waals surface area (Å²) in [5, 5.41) is -0.750. The number of sulfonamides is 2. The molecule has 208 valence electrons. The Kier molecular flexibility index (Phi) is 7.87. The number of benzene rings is 3. The van der Waals surface area contributed by atoms with E-state index in [1.54, 1.807) is 23.8 Å². The van der Waals surface area contributed by atoms with Gasteiger partial charge < -0.3 is 0 Å². The van der Waals surface area contributed by atoms with Crippen LogP contribution in [0.15, 0.2) is 76.5 Å². The molecule has 0 spiro atoms. The summed E-state index contributed by atoms with van der Waals surface area (Å²) in [6, 6.07) is 14.1. The molecule has 1 N–H and O–H groups in total. The molecule has 1 heterocycles. The molecule has 39 heavy (non-hydrogen) atoms. The van der Waals surface area contributed by atoms with Crippen molar-refractivity contribution in [1.82, 2.24) is 9.03 Å². The standard InChI is InChI=1S/C25H22F4N2O5S3/c1-15-19-5-3-4-6-22(19)37-24(15)31(14-16-7-12-21(26)20(13-16)25(27,28)29)39(35,36)18-10-8-17(9-11-18)23(32)30-38(2,33)34/h3-13,15,24H,14H2,1-2H3,(H,30,32). The number of nitrogens with one attached hydrogen (secondary N) is 1. The molecule has 7 nitrogen and oxygen atoms in total. The van der Waals surface area contributed by atoms with Crippen molar-refractivity contribution in [2.45, 2.75) is 40.7 Å². The van der Waals surface area contributed by atoms with Crippen LogP contribution in [0, 0.1) is 5.82 Å². The topological polar surface area (TPSA) is 101 Å². The van der Waals surface area contributed by atoms with Gasteiger partial charge in [-0.1, -0.05) is 31.2 Å². The largest absolute Gasteiger partial charge is 0.419 e. The van der Waals surface area contributed by atoms with Gasteiger partial charge >= 0.3 is 6.18 Å². The summed E-state index contributed by atoms with van der Waals surface area (Å²) >= 11 is 1.24. The number of carbonyl (C=O) groups excluding carboxylic acids is 1. The fourth-order valence-corrected chi connectivity index (χ4v) is 7.98. The number of alkyl halides is 3. The molecule has 0 saturated carbocycles. The van der Waals surface area contributed by atoms with Crippen LogP contribution in [0.3, 0.4) is 0 Å². The van der Waals surface area contributed by atoms with E-state index in [9.17, 15) is 39.2 Å². The van der Waals surface area contributed by atoms with E-state index >= 15 is 0 Å². The van der Waals surface area contributed by atoms with Crippen molar-refractivity contribution >= 4 is 37.7 Å². The van der Waals surface area contributed by atoms with Gasteiger partial charge in [-0.25, -0.2) is 25.9 Å². The van der Waals surface area contributed by atoms with Gasteiger partial charge in [0.05, 0.1) is 22.1 Å². The van der Waals surface area contributed by atoms with E-state index in [0.717, 1.165) is 51.4 Å². The van der Waals surface area contributed by atoms with Crippen molar-refractivity contribution in [3.63, 3.8) is 0 Å². The van der Waals surface area contributed by atoms with Crippen molar-refractivity contribution in [3.05, 3.63) is 94.8 Å². The minimum absolute atomic E-state index is 0.0693. The Morgan fingerprint density at radius 2 is 1.64 bits per heavy atom. The van der Waals surface area contributed by atoms with Gasteiger partial charge in [0.15, 0.2) is 0 Å². The maximum Gasteiger partial charge on any atom is 0.419 e.